The van der Waals surface area contributed by atoms with Gasteiger partial charge in [0.05, 0.1) is 12.1 Å². The van der Waals surface area contributed by atoms with Gasteiger partial charge in [0, 0.05) is 30.2 Å². The molecule has 3 aromatic rings. The van der Waals surface area contributed by atoms with Gasteiger partial charge in [-0.05, 0) is 18.6 Å². The van der Waals surface area contributed by atoms with Crippen LogP contribution in [0, 0.1) is 0 Å². The van der Waals surface area contributed by atoms with Gasteiger partial charge in [-0.15, -0.1) is 0 Å². The summed E-state index contributed by atoms with van der Waals surface area (Å²) >= 11 is 0. The van der Waals surface area contributed by atoms with E-state index in [4.69, 9.17) is 9.26 Å². The maximum absolute atomic E-state index is 11.9. The monoisotopic (exact) mass is 297 g/mol. The summed E-state index contributed by atoms with van der Waals surface area (Å²) in [5, 5.41) is 4.74. The number of hydrogen-bond acceptors (Lipinski definition) is 5. The van der Waals surface area contributed by atoms with Gasteiger partial charge in [0.2, 0.25) is 5.89 Å². The predicted octanol–water partition coefficient (Wildman–Crippen LogP) is 1.94. The fourth-order valence-electron chi connectivity index (χ4n) is 2.78. The average molecular weight is 297 g/mol. The van der Waals surface area contributed by atoms with E-state index in [1.807, 2.05) is 28.8 Å². The van der Waals surface area contributed by atoms with Gasteiger partial charge < -0.3 is 13.8 Å². The fourth-order valence-corrected chi connectivity index (χ4v) is 2.78. The number of rotatable bonds is 3. The lowest BCUT2D eigenvalue weighted by Crippen LogP contribution is -2.09. The van der Waals surface area contributed by atoms with Crippen LogP contribution in [0.2, 0.25) is 0 Å². The molecule has 1 aromatic carbocycles. The van der Waals surface area contributed by atoms with Crippen LogP contribution in [0.25, 0.3) is 10.9 Å². The lowest BCUT2D eigenvalue weighted by Gasteiger charge is -2.07. The molecule has 1 fully saturated rings. The number of pyridine rings is 1. The maximum Gasteiger partial charge on any atom is 0.246 e. The van der Waals surface area contributed by atoms with E-state index in [9.17, 15) is 4.79 Å². The molecule has 1 aliphatic rings. The zero-order chi connectivity index (χ0) is 14.9. The average Bonchev–Trinajstić information content (AvgIpc) is 3.21. The normalized spacial score (nSPS) is 18.1. The highest BCUT2D eigenvalue weighted by Crippen LogP contribution is 2.22. The van der Waals surface area contributed by atoms with Gasteiger partial charge in [-0.2, -0.15) is 4.98 Å². The molecule has 4 rings (SSSR count). The number of hydrogen-bond donors (Lipinski definition) is 0. The summed E-state index contributed by atoms with van der Waals surface area (Å²) in [6, 6.07) is 9.07. The van der Waals surface area contributed by atoms with Crippen LogP contribution in [0.1, 0.15) is 24.1 Å². The summed E-state index contributed by atoms with van der Waals surface area (Å²) < 4.78 is 12.6. The van der Waals surface area contributed by atoms with Crippen molar-refractivity contribution in [1.29, 1.82) is 0 Å². The van der Waals surface area contributed by atoms with Crippen molar-refractivity contribution >= 4 is 10.9 Å². The number of aromatic nitrogens is 3. The van der Waals surface area contributed by atoms with E-state index in [-0.39, 0.29) is 11.3 Å². The van der Waals surface area contributed by atoms with Gasteiger partial charge in [0.25, 0.3) is 0 Å². The first-order chi connectivity index (χ1) is 10.8. The largest absolute Gasteiger partial charge is 0.381 e. The number of ether oxygens (including phenoxy) is 1. The number of para-hydroxylation sites is 1. The molecule has 3 heterocycles. The highest BCUT2D eigenvalue weighted by molar-refractivity contribution is 5.78. The Hall–Kier alpha value is -2.47. The minimum Gasteiger partial charge on any atom is -0.381 e. The van der Waals surface area contributed by atoms with E-state index in [0.717, 1.165) is 18.5 Å². The summed E-state index contributed by atoms with van der Waals surface area (Å²) in [4.78, 5) is 16.3. The maximum atomic E-state index is 11.9. The molecule has 0 unspecified atom stereocenters. The van der Waals surface area contributed by atoms with Gasteiger partial charge in [-0.3, -0.25) is 4.79 Å². The molecule has 2 aromatic heterocycles. The standard InChI is InChI=1S/C16H15N3O3/c20-14-5-7-19(13-4-2-1-3-12(13)14)9-15-17-16(18-22-15)11-6-8-21-10-11/h1-5,7,11H,6,8-10H2/t11-/m1/s1. The molecule has 22 heavy (non-hydrogen) atoms. The van der Waals surface area contributed by atoms with E-state index in [1.54, 1.807) is 12.3 Å². The second-order valence-corrected chi connectivity index (χ2v) is 5.43. The molecule has 0 N–H and O–H groups in total. The Bertz CT molecular complexity index is 862. The Morgan fingerprint density at radius 3 is 3.05 bits per heavy atom. The van der Waals surface area contributed by atoms with Gasteiger partial charge in [-0.1, -0.05) is 17.3 Å². The van der Waals surface area contributed by atoms with E-state index < -0.39 is 0 Å². The summed E-state index contributed by atoms with van der Waals surface area (Å²) in [5.41, 5.74) is 0.875. The van der Waals surface area contributed by atoms with Crippen LogP contribution in [0.15, 0.2) is 45.8 Å². The molecule has 6 heteroatoms. The summed E-state index contributed by atoms with van der Waals surface area (Å²) in [6.45, 7) is 1.85. The minimum absolute atomic E-state index is 0.0150. The molecule has 0 aliphatic carbocycles. The van der Waals surface area contributed by atoms with E-state index in [0.29, 0.717) is 30.3 Å². The molecule has 6 nitrogen and oxygen atoms in total. The molecule has 112 valence electrons. The lowest BCUT2D eigenvalue weighted by atomic mass is 10.1. The van der Waals surface area contributed by atoms with Gasteiger partial charge in [0.15, 0.2) is 11.3 Å². The highest BCUT2D eigenvalue weighted by atomic mass is 16.5. The van der Waals surface area contributed by atoms with Crippen molar-refractivity contribution in [1.82, 2.24) is 14.7 Å². The zero-order valence-electron chi connectivity index (χ0n) is 11.9. The Balaban J connectivity index is 1.66. The highest BCUT2D eigenvalue weighted by Gasteiger charge is 2.23. The number of benzene rings is 1. The molecule has 0 amide bonds. The van der Waals surface area contributed by atoms with E-state index >= 15 is 0 Å². The van der Waals surface area contributed by atoms with E-state index in [1.165, 1.54) is 0 Å². The molecule has 1 atom stereocenters. The second kappa shape index (κ2) is 5.38. The molecule has 1 aliphatic heterocycles. The lowest BCUT2D eigenvalue weighted by molar-refractivity contribution is 0.192. The fraction of sp³-hybridized carbons (Fsp3) is 0.312. The topological polar surface area (TPSA) is 70.2 Å². The van der Waals surface area contributed by atoms with Gasteiger partial charge >= 0.3 is 0 Å². The van der Waals surface area contributed by atoms with Gasteiger partial charge in [0.1, 0.15) is 6.54 Å². The first-order valence-corrected chi connectivity index (χ1v) is 7.30. The molecule has 1 saturated heterocycles. The first-order valence-electron chi connectivity index (χ1n) is 7.30. The number of fused-ring (bicyclic) bond motifs is 1. The van der Waals surface area contributed by atoms with Crippen molar-refractivity contribution in [3.8, 4) is 0 Å². The Labute approximate surface area is 126 Å². The summed E-state index contributed by atoms with van der Waals surface area (Å²) in [7, 11) is 0. The van der Waals surface area contributed by atoms with Crippen molar-refractivity contribution in [2.45, 2.75) is 18.9 Å². The molecule has 0 bridgehead atoms. The van der Waals surface area contributed by atoms with Crippen LogP contribution in [-0.4, -0.2) is 27.9 Å². The molecule has 0 saturated carbocycles. The Kier molecular flexibility index (Phi) is 3.23. The van der Waals surface area contributed by atoms with E-state index in [2.05, 4.69) is 10.1 Å². The Morgan fingerprint density at radius 1 is 1.27 bits per heavy atom. The van der Waals surface area contributed by atoms with Crippen molar-refractivity contribution < 1.29 is 9.26 Å². The molecular formula is C16H15N3O3. The molecule has 0 spiro atoms. The van der Waals surface area contributed by atoms with Crippen LogP contribution in [0.3, 0.4) is 0 Å². The third-order valence-corrected chi connectivity index (χ3v) is 3.97. The van der Waals surface area contributed by atoms with Crippen molar-refractivity contribution in [3.05, 3.63) is 58.5 Å². The van der Waals surface area contributed by atoms with Crippen molar-refractivity contribution in [2.75, 3.05) is 13.2 Å². The van der Waals surface area contributed by atoms with Crippen LogP contribution in [0.4, 0.5) is 0 Å². The van der Waals surface area contributed by atoms with Crippen molar-refractivity contribution in [3.63, 3.8) is 0 Å². The first kappa shape index (κ1) is 13.2. The smallest absolute Gasteiger partial charge is 0.246 e. The molecule has 0 radical (unpaired) electrons. The zero-order valence-corrected chi connectivity index (χ0v) is 11.9. The SMILES string of the molecule is O=c1ccn(Cc2nc([C@@H]3CCOC3)no2)c2ccccc12. The second-order valence-electron chi connectivity index (χ2n) is 5.43. The summed E-state index contributed by atoms with van der Waals surface area (Å²) in [6.07, 6.45) is 2.69. The van der Waals surface area contributed by atoms with Crippen LogP contribution in [0.5, 0.6) is 0 Å². The van der Waals surface area contributed by atoms with Crippen LogP contribution >= 0.6 is 0 Å². The number of nitrogens with zero attached hydrogens (tertiary/aromatic N) is 3. The van der Waals surface area contributed by atoms with Crippen LogP contribution in [-0.2, 0) is 11.3 Å². The third kappa shape index (κ3) is 2.31. The predicted molar refractivity (Wildman–Crippen MR) is 79.8 cm³/mol. The summed E-state index contributed by atoms with van der Waals surface area (Å²) in [5.74, 6) is 1.47. The molecular weight excluding hydrogens is 282 g/mol. The Morgan fingerprint density at radius 2 is 2.18 bits per heavy atom. The van der Waals surface area contributed by atoms with Gasteiger partial charge in [-0.25, -0.2) is 0 Å². The quantitative estimate of drug-likeness (QED) is 0.739. The van der Waals surface area contributed by atoms with Crippen molar-refractivity contribution in [2.24, 2.45) is 0 Å². The van der Waals surface area contributed by atoms with Crippen LogP contribution < -0.4 is 5.43 Å². The minimum atomic E-state index is 0.0150. The third-order valence-electron chi connectivity index (χ3n) is 3.97.